The van der Waals surface area contributed by atoms with E-state index in [-0.39, 0.29) is 0 Å². The van der Waals surface area contributed by atoms with Gasteiger partial charge >= 0.3 is 0 Å². The largest absolute Gasteiger partial charge is 0.0848 e. The van der Waals surface area contributed by atoms with Gasteiger partial charge in [0.25, 0.3) is 0 Å². The molecule has 0 bridgehead atoms. The van der Waals surface area contributed by atoms with Gasteiger partial charge < -0.3 is 0 Å². The van der Waals surface area contributed by atoms with Crippen molar-refractivity contribution in [3.05, 3.63) is 12.2 Å². The SMILES string of the molecule is CC(C)C1CC[C@H](C)[C@@]23C=CC(C)C2[C@H]13. The number of rotatable bonds is 1. The highest BCUT2D eigenvalue weighted by Crippen LogP contribution is 2.77. The summed E-state index contributed by atoms with van der Waals surface area (Å²) < 4.78 is 0. The van der Waals surface area contributed by atoms with E-state index in [2.05, 4.69) is 39.8 Å². The highest BCUT2D eigenvalue weighted by molar-refractivity contribution is 5.32. The van der Waals surface area contributed by atoms with Crippen LogP contribution in [0, 0.1) is 40.9 Å². The van der Waals surface area contributed by atoms with Gasteiger partial charge in [-0.05, 0) is 53.8 Å². The molecule has 2 saturated carbocycles. The van der Waals surface area contributed by atoms with E-state index in [1.165, 1.54) is 12.8 Å². The van der Waals surface area contributed by atoms with Crippen molar-refractivity contribution >= 4 is 0 Å². The Morgan fingerprint density at radius 1 is 1.13 bits per heavy atom. The van der Waals surface area contributed by atoms with Crippen molar-refractivity contribution < 1.29 is 0 Å². The summed E-state index contributed by atoms with van der Waals surface area (Å²) in [7, 11) is 0. The van der Waals surface area contributed by atoms with Crippen molar-refractivity contribution in [3.8, 4) is 0 Å². The molecule has 0 aliphatic heterocycles. The van der Waals surface area contributed by atoms with Crippen molar-refractivity contribution in [2.75, 3.05) is 0 Å². The topological polar surface area (TPSA) is 0 Å². The molecule has 3 unspecified atom stereocenters. The molecule has 6 atom stereocenters. The van der Waals surface area contributed by atoms with Crippen LogP contribution in [0.3, 0.4) is 0 Å². The molecular formula is C15H24. The van der Waals surface area contributed by atoms with Crippen LogP contribution in [-0.2, 0) is 0 Å². The lowest BCUT2D eigenvalue weighted by Crippen LogP contribution is -2.26. The molecule has 3 rings (SSSR count). The van der Waals surface area contributed by atoms with Gasteiger partial charge in [-0.15, -0.1) is 0 Å². The summed E-state index contributed by atoms with van der Waals surface area (Å²) in [6.45, 7) is 9.78. The van der Waals surface area contributed by atoms with Gasteiger partial charge in [-0.2, -0.15) is 0 Å². The molecule has 0 N–H and O–H groups in total. The molecule has 84 valence electrons. The van der Waals surface area contributed by atoms with E-state index in [1.54, 1.807) is 0 Å². The predicted molar refractivity (Wildman–Crippen MR) is 64.4 cm³/mol. The lowest BCUT2D eigenvalue weighted by atomic mass is 9.71. The van der Waals surface area contributed by atoms with Gasteiger partial charge in [0.1, 0.15) is 0 Å². The third-order valence-electron chi connectivity index (χ3n) is 5.79. The van der Waals surface area contributed by atoms with Gasteiger partial charge in [-0.1, -0.05) is 39.8 Å². The fraction of sp³-hybridized carbons (Fsp3) is 0.867. The van der Waals surface area contributed by atoms with Gasteiger partial charge in [-0.3, -0.25) is 0 Å². The first kappa shape index (κ1) is 9.93. The molecule has 0 heterocycles. The van der Waals surface area contributed by atoms with Crippen LogP contribution < -0.4 is 0 Å². The minimum absolute atomic E-state index is 0.659. The second kappa shape index (κ2) is 2.90. The number of hydrogen-bond acceptors (Lipinski definition) is 0. The third-order valence-corrected chi connectivity index (χ3v) is 5.79. The first-order valence-corrected chi connectivity index (χ1v) is 6.78. The van der Waals surface area contributed by atoms with Crippen LogP contribution in [0.1, 0.15) is 40.5 Å². The molecule has 0 amide bonds. The Kier molecular flexibility index (Phi) is 1.92. The molecule has 0 aromatic heterocycles. The van der Waals surface area contributed by atoms with E-state index in [0.29, 0.717) is 5.41 Å². The van der Waals surface area contributed by atoms with Crippen molar-refractivity contribution in [2.24, 2.45) is 40.9 Å². The van der Waals surface area contributed by atoms with Crippen LogP contribution >= 0.6 is 0 Å². The zero-order valence-electron chi connectivity index (χ0n) is 10.5. The lowest BCUT2D eigenvalue weighted by Gasteiger charge is -2.34. The number of hydrogen-bond donors (Lipinski definition) is 0. The molecule has 0 saturated heterocycles. The van der Waals surface area contributed by atoms with E-state index in [0.717, 1.165) is 35.5 Å². The molecule has 0 aromatic carbocycles. The summed E-state index contributed by atoms with van der Waals surface area (Å²) in [5.74, 6) is 5.77. The first-order chi connectivity index (χ1) is 7.09. The van der Waals surface area contributed by atoms with E-state index >= 15 is 0 Å². The fourth-order valence-corrected chi connectivity index (χ4v) is 5.01. The minimum atomic E-state index is 0.659. The summed E-state index contributed by atoms with van der Waals surface area (Å²) in [4.78, 5) is 0. The van der Waals surface area contributed by atoms with Crippen molar-refractivity contribution in [1.29, 1.82) is 0 Å². The Morgan fingerprint density at radius 3 is 2.53 bits per heavy atom. The summed E-state index contributed by atoms with van der Waals surface area (Å²) in [5.41, 5.74) is 0.659. The Bertz CT molecular complexity index is 301. The Morgan fingerprint density at radius 2 is 1.87 bits per heavy atom. The maximum absolute atomic E-state index is 2.60. The molecule has 3 aliphatic carbocycles. The normalized spacial score (nSPS) is 56.7. The van der Waals surface area contributed by atoms with Crippen LogP contribution in [0.25, 0.3) is 0 Å². The van der Waals surface area contributed by atoms with Crippen LogP contribution in [0.5, 0.6) is 0 Å². The zero-order chi connectivity index (χ0) is 10.8. The van der Waals surface area contributed by atoms with Crippen LogP contribution in [-0.4, -0.2) is 0 Å². The fourth-order valence-electron chi connectivity index (χ4n) is 5.01. The van der Waals surface area contributed by atoms with E-state index in [4.69, 9.17) is 0 Å². The van der Waals surface area contributed by atoms with Gasteiger partial charge in [0, 0.05) is 0 Å². The van der Waals surface area contributed by atoms with Gasteiger partial charge in [0.15, 0.2) is 0 Å². The molecule has 0 aromatic rings. The predicted octanol–water partition coefficient (Wildman–Crippen LogP) is 4.13. The zero-order valence-corrected chi connectivity index (χ0v) is 10.5. The quantitative estimate of drug-likeness (QED) is 0.563. The summed E-state index contributed by atoms with van der Waals surface area (Å²) in [6.07, 6.45) is 8.04. The minimum Gasteiger partial charge on any atom is -0.0848 e. The second-order valence-corrected chi connectivity index (χ2v) is 6.66. The molecule has 15 heavy (non-hydrogen) atoms. The monoisotopic (exact) mass is 204 g/mol. The molecule has 2 fully saturated rings. The van der Waals surface area contributed by atoms with Gasteiger partial charge in [0.2, 0.25) is 0 Å². The van der Waals surface area contributed by atoms with Crippen LogP contribution in [0.4, 0.5) is 0 Å². The van der Waals surface area contributed by atoms with Gasteiger partial charge in [-0.25, -0.2) is 0 Å². The van der Waals surface area contributed by atoms with Crippen LogP contribution in [0.2, 0.25) is 0 Å². The van der Waals surface area contributed by atoms with E-state index in [1.807, 2.05) is 0 Å². The highest BCUT2D eigenvalue weighted by atomic mass is 14.8. The Balaban J connectivity index is 1.92. The molecule has 0 radical (unpaired) electrons. The van der Waals surface area contributed by atoms with Crippen molar-refractivity contribution in [3.63, 3.8) is 0 Å². The molecule has 0 heteroatoms. The summed E-state index contributed by atoms with van der Waals surface area (Å²) in [6, 6.07) is 0. The molecule has 0 nitrogen and oxygen atoms in total. The average molecular weight is 204 g/mol. The number of fused-ring (bicyclic) bond motifs is 1. The smallest absolute Gasteiger partial charge is 0.00216 e. The Hall–Kier alpha value is -0.260. The maximum Gasteiger partial charge on any atom is -0.00216 e. The van der Waals surface area contributed by atoms with Crippen molar-refractivity contribution in [2.45, 2.75) is 40.5 Å². The van der Waals surface area contributed by atoms with Crippen molar-refractivity contribution in [1.82, 2.24) is 0 Å². The summed E-state index contributed by atoms with van der Waals surface area (Å²) >= 11 is 0. The first-order valence-electron chi connectivity index (χ1n) is 6.78. The van der Waals surface area contributed by atoms with E-state index in [9.17, 15) is 0 Å². The molecular weight excluding hydrogens is 180 g/mol. The van der Waals surface area contributed by atoms with E-state index < -0.39 is 0 Å². The summed E-state index contributed by atoms with van der Waals surface area (Å²) in [5, 5.41) is 0. The maximum atomic E-state index is 2.60. The highest BCUT2D eigenvalue weighted by Gasteiger charge is 2.72. The lowest BCUT2D eigenvalue weighted by molar-refractivity contribution is 0.179. The third kappa shape index (κ3) is 1.04. The number of allylic oxidation sites excluding steroid dienone is 2. The molecule has 1 spiro atoms. The molecule has 3 aliphatic rings. The van der Waals surface area contributed by atoms with Crippen LogP contribution in [0.15, 0.2) is 12.2 Å². The van der Waals surface area contributed by atoms with Gasteiger partial charge in [0.05, 0.1) is 0 Å². The standard InChI is InChI=1S/C15H24/c1-9(2)12-6-5-11(4)15-8-7-10(3)13(15)14(12)15/h7-14H,5-6H2,1-4H3/t10?,11-,12?,13?,14-,15-/m0/s1. The Labute approximate surface area is 94.1 Å². The second-order valence-electron chi connectivity index (χ2n) is 6.66. The average Bonchev–Trinajstić information content (AvgIpc) is 2.75.